The van der Waals surface area contributed by atoms with Crippen molar-refractivity contribution in [1.82, 2.24) is 19.4 Å². The van der Waals surface area contributed by atoms with E-state index in [1.165, 1.54) is 12.5 Å². The first-order valence-corrected chi connectivity index (χ1v) is 6.30. The number of nitrogens with one attached hydrogen (secondary N) is 1. The van der Waals surface area contributed by atoms with Gasteiger partial charge in [0, 0.05) is 32.0 Å². The number of amides is 1. The van der Waals surface area contributed by atoms with Crippen LogP contribution in [-0.2, 0) is 13.1 Å². The molecule has 0 bridgehead atoms. The number of hydrogen-bond acceptors (Lipinski definition) is 3. The molecule has 106 valence electrons. The molecule has 0 saturated carbocycles. The van der Waals surface area contributed by atoms with Gasteiger partial charge in [-0.15, -0.1) is 0 Å². The minimum atomic E-state index is -1.06. The molecule has 0 unspecified atom stereocenters. The average Bonchev–Trinajstić information content (AvgIpc) is 3.07. The Kier molecular flexibility index (Phi) is 4.19. The van der Waals surface area contributed by atoms with Crippen LogP contribution in [0.3, 0.4) is 0 Å². The summed E-state index contributed by atoms with van der Waals surface area (Å²) < 4.78 is 3.48. The number of aromatic carboxylic acids is 1. The van der Waals surface area contributed by atoms with Crippen LogP contribution in [0.15, 0.2) is 30.9 Å². The number of nitrogens with zero attached hydrogens (tertiary/aromatic N) is 3. The maximum atomic E-state index is 11.9. The van der Waals surface area contributed by atoms with Crippen molar-refractivity contribution in [1.29, 1.82) is 0 Å². The Hall–Kier alpha value is -2.57. The van der Waals surface area contributed by atoms with Crippen molar-refractivity contribution in [2.24, 2.45) is 0 Å². The molecule has 0 atom stereocenters. The molecule has 0 aromatic carbocycles. The summed E-state index contributed by atoms with van der Waals surface area (Å²) in [5.41, 5.74) is 0.612. The largest absolute Gasteiger partial charge is 0.476 e. The zero-order valence-corrected chi connectivity index (χ0v) is 11.1. The number of carbonyl (C=O) groups is 2. The van der Waals surface area contributed by atoms with Crippen molar-refractivity contribution in [2.75, 3.05) is 6.54 Å². The minimum absolute atomic E-state index is 0.00353. The van der Waals surface area contributed by atoms with Gasteiger partial charge in [-0.1, -0.05) is 0 Å². The fourth-order valence-electron chi connectivity index (χ4n) is 1.88. The molecule has 20 heavy (non-hydrogen) atoms. The molecule has 0 aliphatic heterocycles. The maximum absolute atomic E-state index is 11.9. The summed E-state index contributed by atoms with van der Waals surface area (Å²) in [5, 5.41) is 11.5. The Bertz CT molecular complexity index is 615. The molecule has 2 heterocycles. The molecule has 0 aliphatic carbocycles. The predicted octanol–water partition coefficient (Wildman–Crippen LogP) is 0.833. The molecule has 2 N–H and O–H groups in total. The van der Waals surface area contributed by atoms with E-state index in [2.05, 4.69) is 10.3 Å². The van der Waals surface area contributed by atoms with E-state index >= 15 is 0 Å². The van der Waals surface area contributed by atoms with E-state index in [-0.39, 0.29) is 11.6 Å². The molecule has 0 aliphatic rings. The summed E-state index contributed by atoms with van der Waals surface area (Å²) in [6, 6.07) is 3.59. The second kappa shape index (κ2) is 6.05. The molecule has 0 saturated heterocycles. The maximum Gasteiger partial charge on any atom is 0.356 e. The Balaban J connectivity index is 1.86. The first kappa shape index (κ1) is 13.9. The highest BCUT2D eigenvalue weighted by molar-refractivity contribution is 5.92. The van der Waals surface area contributed by atoms with Crippen molar-refractivity contribution in [3.8, 4) is 0 Å². The third-order valence-corrected chi connectivity index (χ3v) is 2.91. The Morgan fingerprint density at radius 3 is 2.90 bits per heavy atom. The lowest BCUT2D eigenvalue weighted by Gasteiger charge is -2.08. The molecule has 2 rings (SSSR count). The van der Waals surface area contributed by atoms with E-state index in [4.69, 9.17) is 5.11 Å². The van der Waals surface area contributed by atoms with E-state index in [0.29, 0.717) is 18.8 Å². The summed E-state index contributed by atoms with van der Waals surface area (Å²) in [6.07, 6.45) is 4.72. The topological polar surface area (TPSA) is 89.2 Å². The number of hydrogen-bond donors (Lipinski definition) is 2. The van der Waals surface area contributed by atoms with Gasteiger partial charge in [-0.25, -0.2) is 9.78 Å². The smallest absolute Gasteiger partial charge is 0.356 e. The highest BCUT2D eigenvalue weighted by Gasteiger charge is 2.09. The van der Waals surface area contributed by atoms with Gasteiger partial charge in [0.15, 0.2) is 5.69 Å². The number of imidazole rings is 1. The third kappa shape index (κ3) is 3.05. The van der Waals surface area contributed by atoms with Crippen LogP contribution in [0.5, 0.6) is 0 Å². The molecule has 7 heteroatoms. The molecule has 0 spiro atoms. The number of carbonyl (C=O) groups excluding carboxylic acids is 1. The van der Waals surface area contributed by atoms with Crippen LogP contribution < -0.4 is 5.32 Å². The minimum Gasteiger partial charge on any atom is -0.476 e. The van der Waals surface area contributed by atoms with Crippen LogP contribution in [0.25, 0.3) is 0 Å². The summed E-state index contributed by atoms with van der Waals surface area (Å²) in [7, 11) is 0. The van der Waals surface area contributed by atoms with Crippen LogP contribution >= 0.6 is 0 Å². The summed E-state index contributed by atoms with van der Waals surface area (Å²) in [6.45, 7) is 3.58. The van der Waals surface area contributed by atoms with Gasteiger partial charge >= 0.3 is 5.97 Å². The quantitative estimate of drug-likeness (QED) is 0.818. The van der Waals surface area contributed by atoms with Gasteiger partial charge in [0.2, 0.25) is 0 Å². The zero-order valence-electron chi connectivity index (χ0n) is 11.1. The van der Waals surface area contributed by atoms with E-state index in [1.807, 2.05) is 23.8 Å². The second-order valence-corrected chi connectivity index (χ2v) is 4.24. The Morgan fingerprint density at radius 2 is 2.25 bits per heavy atom. The lowest BCUT2D eigenvalue weighted by Crippen LogP contribution is -2.28. The predicted molar refractivity (Wildman–Crippen MR) is 71.6 cm³/mol. The van der Waals surface area contributed by atoms with Gasteiger partial charge in [0.25, 0.3) is 5.91 Å². The van der Waals surface area contributed by atoms with Gasteiger partial charge in [-0.05, 0) is 19.1 Å². The number of rotatable bonds is 6. The third-order valence-electron chi connectivity index (χ3n) is 2.91. The van der Waals surface area contributed by atoms with Gasteiger partial charge in [0.05, 0.1) is 6.33 Å². The average molecular weight is 276 g/mol. The SMILES string of the molecule is CCn1cccc1C(=O)NCCn1cnc(C(=O)O)c1. The van der Waals surface area contributed by atoms with Crippen LogP contribution in [0.4, 0.5) is 0 Å². The summed E-state index contributed by atoms with van der Waals surface area (Å²) in [4.78, 5) is 26.3. The molecule has 0 radical (unpaired) electrons. The number of aromatic nitrogens is 3. The second-order valence-electron chi connectivity index (χ2n) is 4.24. The fourth-order valence-corrected chi connectivity index (χ4v) is 1.88. The molecule has 1 amide bonds. The van der Waals surface area contributed by atoms with Crippen molar-refractivity contribution < 1.29 is 14.7 Å². The zero-order chi connectivity index (χ0) is 14.5. The van der Waals surface area contributed by atoms with Gasteiger partial charge in [-0.2, -0.15) is 0 Å². The first-order valence-electron chi connectivity index (χ1n) is 6.30. The number of carboxylic acids is 1. The molecular formula is C13H16N4O3. The van der Waals surface area contributed by atoms with Gasteiger partial charge in [-0.3, -0.25) is 4.79 Å². The summed E-state index contributed by atoms with van der Waals surface area (Å²) >= 11 is 0. The van der Waals surface area contributed by atoms with Crippen LogP contribution in [-0.4, -0.2) is 37.6 Å². The lowest BCUT2D eigenvalue weighted by molar-refractivity contribution is 0.0690. The molecular weight excluding hydrogens is 260 g/mol. The lowest BCUT2D eigenvalue weighted by atomic mass is 10.4. The van der Waals surface area contributed by atoms with Crippen molar-refractivity contribution in [3.05, 3.63) is 42.2 Å². The standard InChI is InChI=1S/C13H16N4O3/c1-2-17-6-3-4-11(17)12(18)14-5-7-16-8-10(13(19)20)15-9-16/h3-4,6,8-9H,2,5,7H2,1H3,(H,14,18)(H,19,20). The highest BCUT2D eigenvalue weighted by atomic mass is 16.4. The molecule has 2 aromatic heterocycles. The van der Waals surface area contributed by atoms with E-state index < -0.39 is 5.97 Å². The highest BCUT2D eigenvalue weighted by Crippen LogP contribution is 2.02. The molecule has 2 aromatic rings. The van der Waals surface area contributed by atoms with E-state index in [9.17, 15) is 9.59 Å². The van der Waals surface area contributed by atoms with E-state index in [1.54, 1.807) is 10.6 Å². The Labute approximate surface area is 115 Å². The van der Waals surface area contributed by atoms with Gasteiger partial charge in [0.1, 0.15) is 5.69 Å². The fraction of sp³-hybridized carbons (Fsp3) is 0.308. The van der Waals surface area contributed by atoms with Crippen LogP contribution in [0.2, 0.25) is 0 Å². The molecule has 0 fully saturated rings. The monoisotopic (exact) mass is 276 g/mol. The van der Waals surface area contributed by atoms with Crippen LogP contribution in [0, 0.1) is 0 Å². The molecule has 7 nitrogen and oxygen atoms in total. The number of carboxylic acid groups (broad SMARTS) is 1. The van der Waals surface area contributed by atoms with Crippen molar-refractivity contribution >= 4 is 11.9 Å². The van der Waals surface area contributed by atoms with Crippen molar-refractivity contribution in [3.63, 3.8) is 0 Å². The summed E-state index contributed by atoms with van der Waals surface area (Å²) in [5.74, 6) is -1.20. The normalized spacial score (nSPS) is 10.4. The first-order chi connectivity index (χ1) is 9.61. The number of aryl methyl sites for hydroxylation is 1. The Morgan fingerprint density at radius 1 is 1.45 bits per heavy atom. The van der Waals surface area contributed by atoms with Gasteiger partial charge < -0.3 is 19.6 Å². The van der Waals surface area contributed by atoms with Crippen LogP contribution in [0.1, 0.15) is 27.9 Å². The van der Waals surface area contributed by atoms with Crippen molar-refractivity contribution in [2.45, 2.75) is 20.0 Å². The van der Waals surface area contributed by atoms with E-state index in [0.717, 1.165) is 6.54 Å².